The molecule has 0 bridgehead atoms. The van der Waals surface area contributed by atoms with Gasteiger partial charge in [-0.3, -0.25) is 4.79 Å². The summed E-state index contributed by atoms with van der Waals surface area (Å²) in [5.74, 6) is 0.439. The number of aromatic nitrogens is 1. The fourth-order valence-corrected chi connectivity index (χ4v) is 2.46. The molecule has 0 unspecified atom stereocenters. The average Bonchev–Trinajstić information content (AvgIpc) is 3.19. The van der Waals surface area contributed by atoms with Crippen LogP contribution in [0.15, 0.2) is 52.1 Å². The third kappa shape index (κ3) is 2.53. The van der Waals surface area contributed by atoms with E-state index in [2.05, 4.69) is 22.4 Å². The number of carbonyl (C=O) groups is 1. The predicted molar refractivity (Wildman–Crippen MR) is 86.1 cm³/mol. The Labute approximate surface area is 128 Å². The molecule has 0 spiro atoms. The first-order valence-corrected chi connectivity index (χ1v) is 7.19. The van der Waals surface area contributed by atoms with Crippen LogP contribution in [-0.2, 0) is 6.42 Å². The van der Waals surface area contributed by atoms with E-state index in [1.807, 2.05) is 31.2 Å². The minimum atomic E-state index is -0.279. The van der Waals surface area contributed by atoms with E-state index in [-0.39, 0.29) is 5.91 Å². The molecule has 5 nitrogen and oxygen atoms in total. The summed E-state index contributed by atoms with van der Waals surface area (Å²) in [4.78, 5) is 14.7. The normalized spacial score (nSPS) is 11.8. The van der Waals surface area contributed by atoms with Crippen LogP contribution < -0.4 is 5.43 Å². The van der Waals surface area contributed by atoms with Crippen LogP contribution in [0.5, 0.6) is 0 Å². The number of nitrogens with one attached hydrogen (secondary N) is 2. The number of hydrogen-bond acceptors (Lipinski definition) is 3. The lowest BCUT2D eigenvalue weighted by Gasteiger charge is -2.01. The number of aromatic amines is 1. The molecule has 0 aliphatic carbocycles. The molecule has 5 heteroatoms. The highest BCUT2D eigenvalue weighted by Crippen LogP contribution is 2.26. The average molecular weight is 295 g/mol. The van der Waals surface area contributed by atoms with Gasteiger partial charge >= 0.3 is 0 Å². The molecule has 112 valence electrons. The van der Waals surface area contributed by atoms with Crippen LogP contribution >= 0.6 is 0 Å². The number of para-hydroxylation sites is 1. The van der Waals surface area contributed by atoms with Crippen LogP contribution in [0.25, 0.3) is 11.0 Å². The summed E-state index contributed by atoms with van der Waals surface area (Å²) in [6, 6.07) is 11.3. The van der Waals surface area contributed by atoms with Crippen molar-refractivity contribution in [1.29, 1.82) is 0 Å². The zero-order chi connectivity index (χ0) is 15.5. The molecule has 3 aromatic rings. The number of carbonyl (C=O) groups excluding carboxylic acids is 1. The van der Waals surface area contributed by atoms with Gasteiger partial charge in [-0.15, -0.1) is 0 Å². The zero-order valence-electron chi connectivity index (χ0n) is 12.5. The first-order valence-electron chi connectivity index (χ1n) is 7.19. The number of hydrazone groups is 1. The van der Waals surface area contributed by atoms with E-state index in [0.717, 1.165) is 28.7 Å². The molecular weight excluding hydrogens is 278 g/mol. The number of hydrogen-bond donors (Lipinski definition) is 2. The van der Waals surface area contributed by atoms with Crippen molar-refractivity contribution >= 4 is 22.6 Å². The number of rotatable bonds is 4. The fourth-order valence-electron chi connectivity index (χ4n) is 2.46. The van der Waals surface area contributed by atoms with Crippen LogP contribution in [0, 0.1) is 0 Å². The smallest absolute Gasteiger partial charge is 0.287 e. The minimum absolute atomic E-state index is 0.279. The van der Waals surface area contributed by atoms with Gasteiger partial charge in [-0.1, -0.05) is 25.1 Å². The molecular formula is C17H17N3O2. The van der Waals surface area contributed by atoms with Crippen molar-refractivity contribution in [1.82, 2.24) is 10.4 Å². The van der Waals surface area contributed by atoms with Crippen LogP contribution in [0.2, 0.25) is 0 Å². The molecule has 0 aliphatic rings. The van der Waals surface area contributed by atoms with Gasteiger partial charge in [-0.2, -0.15) is 5.10 Å². The maximum atomic E-state index is 11.9. The van der Waals surface area contributed by atoms with Gasteiger partial charge in [-0.05, 0) is 31.5 Å². The Bertz CT molecular complexity index is 829. The second-order valence-corrected chi connectivity index (χ2v) is 4.98. The molecule has 0 saturated carbocycles. The standard InChI is InChI=1S/C17H17N3O2/c1-3-12-13-7-4-5-9-15(13)22-16(12)11(2)19-20-17(21)14-8-6-10-18-14/h4-10,18H,3H2,1-2H3,(H,20,21)/b19-11-. The minimum Gasteiger partial charge on any atom is -0.454 e. The SMILES string of the molecule is CCc1c(/C(C)=N\NC(=O)c2ccc[nH]2)oc2ccccc12. The van der Waals surface area contributed by atoms with Crippen molar-refractivity contribution in [2.45, 2.75) is 20.3 Å². The molecule has 2 heterocycles. The Morgan fingerprint density at radius 2 is 2.09 bits per heavy atom. The van der Waals surface area contributed by atoms with Crippen LogP contribution in [-0.4, -0.2) is 16.6 Å². The van der Waals surface area contributed by atoms with E-state index in [1.165, 1.54) is 0 Å². The highest BCUT2D eigenvalue weighted by Gasteiger charge is 2.15. The molecule has 2 aromatic heterocycles. The Kier molecular flexibility index (Phi) is 3.78. The summed E-state index contributed by atoms with van der Waals surface area (Å²) in [7, 11) is 0. The number of benzene rings is 1. The second kappa shape index (κ2) is 5.89. The number of nitrogens with zero attached hydrogens (tertiary/aromatic N) is 1. The largest absolute Gasteiger partial charge is 0.454 e. The van der Waals surface area contributed by atoms with E-state index in [1.54, 1.807) is 18.3 Å². The Hall–Kier alpha value is -2.82. The molecule has 0 fully saturated rings. The van der Waals surface area contributed by atoms with Crippen LogP contribution in [0.1, 0.15) is 35.7 Å². The maximum Gasteiger partial charge on any atom is 0.287 e. The first kappa shape index (κ1) is 14.1. The Balaban J connectivity index is 1.90. The topological polar surface area (TPSA) is 70.4 Å². The van der Waals surface area contributed by atoms with Crippen molar-refractivity contribution in [2.24, 2.45) is 5.10 Å². The van der Waals surface area contributed by atoms with E-state index in [0.29, 0.717) is 11.4 Å². The van der Waals surface area contributed by atoms with Gasteiger partial charge in [0.1, 0.15) is 17.0 Å². The van der Waals surface area contributed by atoms with Crippen molar-refractivity contribution in [2.75, 3.05) is 0 Å². The van der Waals surface area contributed by atoms with Gasteiger partial charge in [0.25, 0.3) is 5.91 Å². The predicted octanol–water partition coefficient (Wildman–Crippen LogP) is 3.48. The van der Waals surface area contributed by atoms with Gasteiger partial charge in [0.2, 0.25) is 0 Å². The maximum absolute atomic E-state index is 11.9. The number of furan rings is 1. The molecule has 2 N–H and O–H groups in total. The quantitative estimate of drug-likeness (QED) is 0.571. The molecule has 1 amide bonds. The summed E-state index contributed by atoms with van der Waals surface area (Å²) >= 11 is 0. The zero-order valence-corrected chi connectivity index (χ0v) is 12.5. The third-order valence-corrected chi connectivity index (χ3v) is 3.55. The highest BCUT2D eigenvalue weighted by atomic mass is 16.3. The Morgan fingerprint density at radius 3 is 2.82 bits per heavy atom. The fraction of sp³-hybridized carbons (Fsp3) is 0.176. The summed E-state index contributed by atoms with van der Waals surface area (Å²) < 4.78 is 5.88. The van der Waals surface area contributed by atoms with Gasteiger partial charge < -0.3 is 9.40 Å². The summed E-state index contributed by atoms with van der Waals surface area (Å²) in [5.41, 5.74) is 5.59. The van der Waals surface area contributed by atoms with Crippen molar-refractivity contribution < 1.29 is 9.21 Å². The summed E-state index contributed by atoms with van der Waals surface area (Å²) in [6.07, 6.45) is 2.53. The number of amides is 1. The lowest BCUT2D eigenvalue weighted by molar-refractivity contribution is 0.0950. The third-order valence-electron chi connectivity index (χ3n) is 3.55. The van der Waals surface area contributed by atoms with Gasteiger partial charge in [0, 0.05) is 17.1 Å². The summed E-state index contributed by atoms with van der Waals surface area (Å²) in [6.45, 7) is 3.90. The van der Waals surface area contributed by atoms with Crippen LogP contribution in [0.3, 0.4) is 0 Å². The number of fused-ring (bicyclic) bond motifs is 1. The monoisotopic (exact) mass is 295 g/mol. The number of aryl methyl sites for hydroxylation is 1. The first-order chi connectivity index (χ1) is 10.7. The second-order valence-electron chi connectivity index (χ2n) is 4.98. The van der Waals surface area contributed by atoms with E-state index < -0.39 is 0 Å². The molecule has 22 heavy (non-hydrogen) atoms. The van der Waals surface area contributed by atoms with Crippen molar-refractivity contribution in [3.63, 3.8) is 0 Å². The highest BCUT2D eigenvalue weighted by molar-refractivity contribution is 6.03. The van der Waals surface area contributed by atoms with E-state index in [9.17, 15) is 4.79 Å². The van der Waals surface area contributed by atoms with Gasteiger partial charge in [0.15, 0.2) is 5.76 Å². The molecule has 0 atom stereocenters. The molecule has 0 saturated heterocycles. The lowest BCUT2D eigenvalue weighted by Crippen LogP contribution is -2.19. The van der Waals surface area contributed by atoms with E-state index in [4.69, 9.17) is 4.42 Å². The molecule has 0 aliphatic heterocycles. The Morgan fingerprint density at radius 1 is 1.27 bits per heavy atom. The molecule has 1 aromatic carbocycles. The van der Waals surface area contributed by atoms with Gasteiger partial charge in [0.05, 0.1) is 0 Å². The van der Waals surface area contributed by atoms with Crippen LogP contribution in [0.4, 0.5) is 0 Å². The molecule has 0 radical (unpaired) electrons. The number of H-pyrrole nitrogens is 1. The van der Waals surface area contributed by atoms with E-state index >= 15 is 0 Å². The molecule has 3 rings (SSSR count). The summed E-state index contributed by atoms with van der Waals surface area (Å²) in [5, 5.41) is 5.25. The van der Waals surface area contributed by atoms with Crippen molar-refractivity contribution in [3.05, 3.63) is 59.6 Å². The van der Waals surface area contributed by atoms with Gasteiger partial charge in [-0.25, -0.2) is 5.43 Å². The lowest BCUT2D eigenvalue weighted by atomic mass is 10.1. The van der Waals surface area contributed by atoms with Crippen molar-refractivity contribution in [3.8, 4) is 0 Å².